The van der Waals surface area contributed by atoms with E-state index in [0.29, 0.717) is 12.2 Å². The summed E-state index contributed by atoms with van der Waals surface area (Å²) in [6, 6.07) is 11.8. The smallest absolute Gasteiger partial charge is 0.339 e. The summed E-state index contributed by atoms with van der Waals surface area (Å²) in [6.45, 7) is 5.74. The van der Waals surface area contributed by atoms with E-state index < -0.39 is 0 Å². The molecule has 0 aliphatic carbocycles. The Labute approximate surface area is 148 Å². The van der Waals surface area contributed by atoms with Crippen LogP contribution in [0.2, 0.25) is 0 Å². The zero-order valence-corrected chi connectivity index (χ0v) is 14.6. The lowest BCUT2D eigenvalue weighted by atomic mass is 10.2. The Morgan fingerprint density at radius 1 is 1.12 bits per heavy atom. The van der Waals surface area contributed by atoms with Crippen molar-refractivity contribution in [1.29, 1.82) is 0 Å². The highest BCUT2D eigenvalue weighted by atomic mass is 16.5. The van der Waals surface area contributed by atoms with E-state index in [1.54, 1.807) is 26.3 Å². The van der Waals surface area contributed by atoms with Gasteiger partial charge in [-0.15, -0.1) is 0 Å². The van der Waals surface area contributed by atoms with Crippen molar-refractivity contribution in [2.45, 2.75) is 6.92 Å². The van der Waals surface area contributed by atoms with Crippen LogP contribution in [0.5, 0.6) is 5.75 Å². The highest BCUT2D eigenvalue weighted by Crippen LogP contribution is 2.23. The minimum atomic E-state index is -0.329. The molecule has 132 valence electrons. The summed E-state index contributed by atoms with van der Waals surface area (Å²) in [5.74, 6) is 1.43. The standard InChI is InChI=1S/C19H23N3O3/c1-3-25-19(23)15-7-8-18(20-14-15)22-11-9-21(10-12-22)16-5-4-6-17(13-16)24-2/h4-8,13-14H,3,9-12H2,1-2H3. The third kappa shape index (κ3) is 4.02. The number of carbonyl (C=O) groups excluding carboxylic acids is 1. The molecule has 1 aliphatic rings. The molecule has 0 amide bonds. The highest BCUT2D eigenvalue weighted by molar-refractivity contribution is 5.89. The molecule has 1 fully saturated rings. The predicted octanol–water partition coefficient (Wildman–Crippen LogP) is 2.59. The number of carbonyl (C=O) groups is 1. The summed E-state index contributed by atoms with van der Waals surface area (Å²) in [5, 5.41) is 0. The maximum Gasteiger partial charge on any atom is 0.339 e. The number of aromatic nitrogens is 1. The van der Waals surface area contributed by atoms with Gasteiger partial charge in [-0.2, -0.15) is 0 Å². The average molecular weight is 341 g/mol. The van der Waals surface area contributed by atoms with Crippen LogP contribution in [-0.4, -0.2) is 50.8 Å². The van der Waals surface area contributed by atoms with Crippen LogP contribution in [0.25, 0.3) is 0 Å². The Bertz CT molecular complexity index is 710. The van der Waals surface area contributed by atoms with Crippen molar-refractivity contribution in [2.75, 3.05) is 49.7 Å². The molecule has 0 atom stereocenters. The van der Waals surface area contributed by atoms with E-state index in [1.807, 2.05) is 18.2 Å². The third-order valence-corrected chi connectivity index (χ3v) is 4.28. The van der Waals surface area contributed by atoms with Crippen LogP contribution in [0.15, 0.2) is 42.6 Å². The highest BCUT2D eigenvalue weighted by Gasteiger charge is 2.19. The van der Waals surface area contributed by atoms with Gasteiger partial charge in [0, 0.05) is 44.1 Å². The summed E-state index contributed by atoms with van der Waals surface area (Å²) in [6.07, 6.45) is 1.59. The number of esters is 1. The summed E-state index contributed by atoms with van der Waals surface area (Å²) in [4.78, 5) is 20.7. The van der Waals surface area contributed by atoms with Crippen molar-refractivity contribution >= 4 is 17.5 Å². The van der Waals surface area contributed by atoms with Crippen LogP contribution in [0, 0.1) is 0 Å². The van der Waals surface area contributed by atoms with Gasteiger partial charge in [0.2, 0.25) is 0 Å². The number of anilines is 2. The molecule has 3 rings (SSSR count). The second kappa shape index (κ2) is 7.88. The molecule has 1 aromatic carbocycles. The first-order chi connectivity index (χ1) is 12.2. The second-order valence-electron chi connectivity index (χ2n) is 5.80. The van der Waals surface area contributed by atoms with Crippen molar-refractivity contribution in [3.8, 4) is 5.75 Å². The normalized spacial score (nSPS) is 14.3. The van der Waals surface area contributed by atoms with Crippen LogP contribution in [0.4, 0.5) is 11.5 Å². The van der Waals surface area contributed by atoms with Crippen molar-refractivity contribution in [3.63, 3.8) is 0 Å². The molecule has 1 aromatic heterocycles. The lowest BCUT2D eigenvalue weighted by molar-refractivity contribution is 0.0526. The average Bonchev–Trinajstić information content (AvgIpc) is 2.68. The maximum absolute atomic E-state index is 11.7. The molecule has 2 aromatic rings. The van der Waals surface area contributed by atoms with Gasteiger partial charge in [-0.1, -0.05) is 6.07 Å². The number of ether oxygens (including phenoxy) is 2. The van der Waals surface area contributed by atoms with E-state index in [9.17, 15) is 4.79 Å². The van der Waals surface area contributed by atoms with Crippen molar-refractivity contribution in [3.05, 3.63) is 48.2 Å². The van der Waals surface area contributed by atoms with E-state index in [4.69, 9.17) is 9.47 Å². The van der Waals surface area contributed by atoms with Gasteiger partial charge < -0.3 is 19.3 Å². The third-order valence-electron chi connectivity index (χ3n) is 4.28. The molecule has 0 bridgehead atoms. The van der Waals surface area contributed by atoms with Crippen molar-refractivity contribution in [1.82, 2.24) is 4.98 Å². The zero-order chi connectivity index (χ0) is 17.6. The van der Waals surface area contributed by atoms with Gasteiger partial charge in [-0.3, -0.25) is 0 Å². The van der Waals surface area contributed by atoms with Crippen molar-refractivity contribution in [2.24, 2.45) is 0 Å². The molecule has 1 aliphatic heterocycles. The molecule has 6 nitrogen and oxygen atoms in total. The zero-order valence-electron chi connectivity index (χ0n) is 14.6. The Morgan fingerprint density at radius 2 is 1.88 bits per heavy atom. The van der Waals surface area contributed by atoms with Gasteiger partial charge in [0.1, 0.15) is 11.6 Å². The summed E-state index contributed by atoms with van der Waals surface area (Å²) >= 11 is 0. The van der Waals surface area contributed by atoms with E-state index >= 15 is 0 Å². The largest absolute Gasteiger partial charge is 0.497 e. The van der Waals surface area contributed by atoms with Crippen LogP contribution >= 0.6 is 0 Å². The number of pyridine rings is 1. The molecule has 2 heterocycles. The number of nitrogens with zero attached hydrogens (tertiary/aromatic N) is 3. The molecule has 0 radical (unpaired) electrons. The number of rotatable bonds is 5. The predicted molar refractivity (Wildman–Crippen MR) is 97.6 cm³/mol. The van der Waals surface area contributed by atoms with Gasteiger partial charge in [-0.25, -0.2) is 9.78 Å². The fourth-order valence-electron chi connectivity index (χ4n) is 2.91. The Hall–Kier alpha value is -2.76. The monoisotopic (exact) mass is 341 g/mol. The molecule has 0 N–H and O–H groups in total. The number of hydrogen-bond donors (Lipinski definition) is 0. The fourth-order valence-corrected chi connectivity index (χ4v) is 2.91. The molecule has 0 spiro atoms. The Kier molecular flexibility index (Phi) is 5.38. The molecule has 6 heteroatoms. The minimum Gasteiger partial charge on any atom is -0.497 e. The van der Waals surface area contributed by atoms with Gasteiger partial charge in [-0.05, 0) is 31.2 Å². The lowest BCUT2D eigenvalue weighted by Crippen LogP contribution is -2.46. The van der Waals surface area contributed by atoms with Crippen molar-refractivity contribution < 1.29 is 14.3 Å². The van der Waals surface area contributed by atoms with Crippen LogP contribution in [-0.2, 0) is 4.74 Å². The molecule has 25 heavy (non-hydrogen) atoms. The Morgan fingerprint density at radius 3 is 2.52 bits per heavy atom. The lowest BCUT2D eigenvalue weighted by Gasteiger charge is -2.36. The van der Waals surface area contributed by atoms with Crippen LogP contribution in [0.1, 0.15) is 17.3 Å². The number of benzene rings is 1. The number of hydrogen-bond acceptors (Lipinski definition) is 6. The molecule has 0 unspecified atom stereocenters. The van der Waals surface area contributed by atoms with Gasteiger partial charge in [0.15, 0.2) is 0 Å². The Balaban J connectivity index is 1.61. The second-order valence-corrected chi connectivity index (χ2v) is 5.80. The van der Waals surface area contributed by atoms with E-state index in [0.717, 1.165) is 37.7 Å². The van der Waals surface area contributed by atoms with E-state index in [-0.39, 0.29) is 5.97 Å². The molecule has 1 saturated heterocycles. The molecule has 0 saturated carbocycles. The number of piperazine rings is 1. The molecular weight excluding hydrogens is 318 g/mol. The summed E-state index contributed by atoms with van der Waals surface area (Å²) < 4.78 is 10.3. The van der Waals surface area contributed by atoms with Crippen LogP contribution in [0.3, 0.4) is 0 Å². The summed E-state index contributed by atoms with van der Waals surface area (Å²) in [7, 11) is 1.68. The number of methoxy groups -OCH3 is 1. The first kappa shape index (κ1) is 17.1. The maximum atomic E-state index is 11.7. The first-order valence-corrected chi connectivity index (χ1v) is 8.48. The molecular formula is C19H23N3O3. The van der Waals surface area contributed by atoms with Gasteiger partial charge in [0.05, 0.1) is 19.3 Å². The van der Waals surface area contributed by atoms with Gasteiger partial charge >= 0.3 is 5.97 Å². The fraction of sp³-hybridized carbons (Fsp3) is 0.368. The summed E-state index contributed by atoms with van der Waals surface area (Å²) in [5.41, 5.74) is 1.66. The first-order valence-electron chi connectivity index (χ1n) is 8.48. The minimum absolute atomic E-state index is 0.329. The SMILES string of the molecule is CCOC(=O)c1ccc(N2CCN(c3cccc(OC)c3)CC2)nc1. The van der Waals surface area contributed by atoms with Crippen LogP contribution < -0.4 is 14.5 Å². The topological polar surface area (TPSA) is 54.9 Å². The quantitative estimate of drug-likeness (QED) is 0.779. The van der Waals surface area contributed by atoms with E-state index in [2.05, 4.69) is 26.9 Å². The van der Waals surface area contributed by atoms with E-state index in [1.165, 1.54) is 5.69 Å². The van der Waals surface area contributed by atoms with Gasteiger partial charge in [0.25, 0.3) is 0 Å².